The molecular weight excluding hydrogens is 266 g/mol. The molecule has 0 radical (unpaired) electrons. The summed E-state index contributed by atoms with van der Waals surface area (Å²) in [5.74, 6) is 0.929. The van der Waals surface area contributed by atoms with Gasteiger partial charge in [-0.3, -0.25) is 4.79 Å². The van der Waals surface area contributed by atoms with Crippen molar-refractivity contribution >= 4 is 17.3 Å². The summed E-state index contributed by atoms with van der Waals surface area (Å²) in [6, 6.07) is 5.57. The Morgan fingerprint density at radius 2 is 2.29 bits per heavy atom. The Bertz CT molecular complexity index is 504. The Morgan fingerprint density at radius 1 is 1.52 bits per heavy atom. The van der Waals surface area contributed by atoms with Crippen LogP contribution in [-0.4, -0.2) is 43.6 Å². The highest BCUT2D eigenvalue weighted by Gasteiger charge is 2.25. The number of nitrogen functional groups attached to an aromatic ring is 1. The minimum atomic E-state index is 0.0647. The summed E-state index contributed by atoms with van der Waals surface area (Å²) in [7, 11) is 1.86. The van der Waals surface area contributed by atoms with E-state index in [1.807, 2.05) is 32.2 Å². The number of rotatable bonds is 5. The van der Waals surface area contributed by atoms with Crippen LogP contribution in [0.25, 0.3) is 0 Å². The summed E-state index contributed by atoms with van der Waals surface area (Å²) in [6.07, 6.45) is 2.19. The average Bonchev–Trinajstić information content (AvgIpc) is 2.45. The lowest BCUT2D eigenvalue weighted by Gasteiger charge is -2.35. The van der Waals surface area contributed by atoms with Gasteiger partial charge in [0.2, 0.25) is 5.91 Å². The number of unbranched alkanes of at least 4 members (excludes halogenated alkanes) is 1. The maximum atomic E-state index is 12.3. The number of carbonyl (C=O) groups excluding carboxylic acids is 1. The van der Waals surface area contributed by atoms with Crippen LogP contribution in [0, 0.1) is 0 Å². The Hall–Kier alpha value is -1.91. The lowest BCUT2D eigenvalue weighted by Crippen LogP contribution is -2.45. The van der Waals surface area contributed by atoms with Gasteiger partial charge < -0.3 is 20.3 Å². The molecule has 5 heteroatoms. The summed E-state index contributed by atoms with van der Waals surface area (Å²) in [5, 5.41) is 0. The van der Waals surface area contributed by atoms with E-state index in [1.165, 1.54) is 0 Å². The first-order valence-corrected chi connectivity index (χ1v) is 7.56. The van der Waals surface area contributed by atoms with Gasteiger partial charge in [-0.2, -0.15) is 0 Å². The Balaban J connectivity index is 2.10. The first-order chi connectivity index (χ1) is 10.0. The molecule has 0 aromatic heterocycles. The van der Waals surface area contributed by atoms with Crippen molar-refractivity contribution in [2.24, 2.45) is 0 Å². The van der Waals surface area contributed by atoms with Gasteiger partial charge in [-0.25, -0.2) is 0 Å². The van der Waals surface area contributed by atoms with Crippen molar-refractivity contribution in [2.75, 3.05) is 37.3 Å². The number of benzene rings is 1. The van der Waals surface area contributed by atoms with Crippen LogP contribution in [0.3, 0.4) is 0 Å². The number of hydrogen-bond donors (Lipinski definition) is 1. The molecule has 2 rings (SSSR count). The molecule has 0 bridgehead atoms. The van der Waals surface area contributed by atoms with E-state index in [-0.39, 0.29) is 12.0 Å². The standard InChI is InChI=1S/C16H25N3O2/c1-4-5-8-18(3)16(20)11-19-10-12(2)21-15-7-6-13(17)9-14(15)19/h6-7,9,12H,4-5,8,10-11,17H2,1-3H3. The SMILES string of the molecule is CCCCN(C)C(=O)CN1CC(C)Oc2ccc(N)cc21. The minimum absolute atomic E-state index is 0.0647. The number of likely N-dealkylation sites (N-methyl/N-ethyl adjacent to an activating group) is 1. The van der Waals surface area contributed by atoms with Crippen LogP contribution < -0.4 is 15.4 Å². The van der Waals surface area contributed by atoms with Crippen LogP contribution in [0.5, 0.6) is 5.75 Å². The summed E-state index contributed by atoms with van der Waals surface area (Å²) < 4.78 is 5.80. The molecule has 1 aliphatic rings. The number of fused-ring (bicyclic) bond motifs is 1. The number of anilines is 2. The fourth-order valence-corrected chi connectivity index (χ4v) is 2.50. The number of nitrogens with two attached hydrogens (primary N) is 1. The van der Waals surface area contributed by atoms with Crippen molar-refractivity contribution < 1.29 is 9.53 Å². The molecule has 1 heterocycles. The van der Waals surface area contributed by atoms with E-state index in [9.17, 15) is 4.79 Å². The summed E-state index contributed by atoms with van der Waals surface area (Å²) in [4.78, 5) is 16.2. The minimum Gasteiger partial charge on any atom is -0.487 e. The third-order valence-corrected chi connectivity index (χ3v) is 3.73. The zero-order valence-corrected chi connectivity index (χ0v) is 13.1. The predicted octanol–water partition coefficient (Wildman–Crippen LogP) is 2.11. The lowest BCUT2D eigenvalue weighted by molar-refractivity contribution is -0.128. The van der Waals surface area contributed by atoms with E-state index in [2.05, 4.69) is 11.8 Å². The van der Waals surface area contributed by atoms with Gasteiger partial charge in [0.15, 0.2) is 0 Å². The second-order valence-corrected chi connectivity index (χ2v) is 5.71. The third-order valence-electron chi connectivity index (χ3n) is 3.73. The van der Waals surface area contributed by atoms with Crippen molar-refractivity contribution in [3.8, 4) is 5.75 Å². The van der Waals surface area contributed by atoms with Gasteiger partial charge in [-0.15, -0.1) is 0 Å². The summed E-state index contributed by atoms with van der Waals surface area (Å²) >= 11 is 0. The van der Waals surface area contributed by atoms with Gasteiger partial charge in [-0.05, 0) is 31.5 Å². The molecule has 1 aromatic rings. The number of carbonyl (C=O) groups is 1. The van der Waals surface area contributed by atoms with Crippen molar-refractivity contribution in [2.45, 2.75) is 32.8 Å². The highest BCUT2D eigenvalue weighted by molar-refractivity contribution is 5.82. The molecular formula is C16H25N3O2. The fourth-order valence-electron chi connectivity index (χ4n) is 2.50. The Morgan fingerprint density at radius 3 is 3.00 bits per heavy atom. The molecule has 1 amide bonds. The third kappa shape index (κ3) is 3.80. The van der Waals surface area contributed by atoms with Crippen molar-refractivity contribution in [1.29, 1.82) is 0 Å². The molecule has 21 heavy (non-hydrogen) atoms. The van der Waals surface area contributed by atoms with Gasteiger partial charge in [0.05, 0.1) is 18.8 Å². The zero-order valence-electron chi connectivity index (χ0n) is 13.1. The lowest BCUT2D eigenvalue weighted by atomic mass is 10.1. The van der Waals surface area contributed by atoms with Crippen LogP contribution in [0.1, 0.15) is 26.7 Å². The van der Waals surface area contributed by atoms with Gasteiger partial charge in [0, 0.05) is 19.3 Å². The molecule has 1 atom stereocenters. The topological polar surface area (TPSA) is 58.8 Å². The number of ether oxygens (including phenoxy) is 1. The van der Waals surface area contributed by atoms with E-state index in [1.54, 1.807) is 4.90 Å². The second-order valence-electron chi connectivity index (χ2n) is 5.71. The number of nitrogens with zero attached hydrogens (tertiary/aromatic N) is 2. The average molecular weight is 291 g/mol. The van der Waals surface area contributed by atoms with Gasteiger partial charge in [-0.1, -0.05) is 13.3 Å². The van der Waals surface area contributed by atoms with Crippen LogP contribution in [0.15, 0.2) is 18.2 Å². The van der Waals surface area contributed by atoms with Crippen molar-refractivity contribution in [3.63, 3.8) is 0 Å². The molecule has 0 saturated heterocycles. The molecule has 5 nitrogen and oxygen atoms in total. The van der Waals surface area contributed by atoms with E-state index < -0.39 is 0 Å². The van der Waals surface area contributed by atoms with E-state index in [0.29, 0.717) is 18.8 Å². The molecule has 0 saturated carbocycles. The summed E-state index contributed by atoms with van der Waals surface area (Å²) in [6.45, 7) is 6.01. The van der Waals surface area contributed by atoms with Gasteiger partial charge in [0.1, 0.15) is 11.9 Å². The monoisotopic (exact) mass is 291 g/mol. The Kier molecular flexibility index (Phi) is 4.94. The summed E-state index contributed by atoms with van der Waals surface area (Å²) in [5.41, 5.74) is 7.45. The quantitative estimate of drug-likeness (QED) is 0.844. The second kappa shape index (κ2) is 6.70. The molecule has 1 aliphatic heterocycles. The van der Waals surface area contributed by atoms with Crippen LogP contribution in [-0.2, 0) is 4.79 Å². The molecule has 1 unspecified atom stereocenters. The number of amides is 1. The van der Waals surface area contributed by atoms with E-state index >= 15 is 0 Å². The van der Waals surface area contributed by atoms with Crippen LogP contribution in [0.4, 0.5) is 11.4 Å². The van der Waals surface area contributed by atoms with E-state index in [0.717, 1.165) is 30.8 Å². The van der Waals surface area contributed by atoms with Crippen molar-refractivity contribution in [3.05, 3.63) is 18.2 Å². The number of hydrogen-bond acceptors (Lipinski definition) is 4. The molecule has 1 aromatic carbocycles. The zero-order chi connectivity index (χ0) is 15.4. The first kappa shape index (κ1) is 15.5. The Labute approximate surface area is 126 Å². The highest BCUT2D eigenvalue weighted by atomic mass is 16.5. The fraction of sp³-hybridized carbons (Fsp3) is 0.562. The van der Waals surface area contributed by atoms with Gasteiger partial charge >= 0.3 is 0 Å². The predicted molar refractivity (Wildman–Crippen MR) is 85.7 cm³/mol. The van der Waals surface area contributed by atoms with Crippen LogP contribution >= 0.6 is 0 Å². The van der Waals surface area contributed by atoms with E-state index in [4.69, 9.17) is 10.5 Å². The molecule has 0 spiro atoms. The first-order valence-electron chi connectivity index (χ1n) is 7.56. The molecule has 116 valence electrons. The molecule has 0 aliphatic carbocycles. The smallest absolute Gasteiger partial charge is 0.241 e. The maximum absolute atomic E-state index is 12.3. The van der Waals surface area contributed by atoms with Gasteiger partial charge in [0.25, 0.3) is 0 Å². The highest BCUT2D eigenvalue weighted by Crippen LogP contribution is 2.34. The largest absolute Gasteiger partial charge is 0.487 e. The van der Waals surface area contributed by atoms with Crippen molar-refractivity contribution in [1.82, 2.24) is 4.90 Å². The normalized spacial score (nSPS) is 17.1. The maximum Gasteiger partial charge on any atom is 0.241 e. The molecule has 2 N–H and O–H groups in total. The molecule has 0 fully saturated rings. The van der Waals surface area contributed by atoms with Crippen LogP contribution in [0.2, 0.25) is 0 Å².